The van der Waals surface area contributed by atoms with Crippen LogP contribution in [-0.2, 0) is 13.1 Å². The summed E-state index contributed by atoms with van der Waals surface area (Å²) in [5, 5.41) is 4.43. The van der Waals surface area contributed by atoms with Crippen molar-refractivity contribution in [2.75, 3.05) is 0 Å². The summed E-state index contributed by atoms with van der Waals surface area (Å²) in [5.74, 6) is -0.399. The number of carbonyl (C=O) groups excluding carboxylic acids is 1. The van der Waals surface area contributed by atoms with E-state index in [0.717, 1.165) is 29.2 Å². The van der Waals surface area contributed by atoms with Crippen LogP contribution in [0.2, 0.25) is 0 Å². The summed E-state index contributed by atoms with van der Waals surface area (Å²) in [6.45, 7) is 1.46. The van der Waals surface area contributed by atoms with E-state index in [1.807, 2.05) is 30.3 Å². The van der Waals surface area contributed by atoms with Crippen molar-refractivity contribution in [3.05, 3.63) is 64.7 Å². The smallest absolute Gasteiger partial charge is 0.248 e. The van der Waals surface area contributed by atoms with Crippen LogP contribution in [0.5, 0.6) is 0 Å². The maximum atomic E-state index is 11.0. The quantitative estimate of drug-likeness (QED) is 0.761. The molecule has 0 atom stereocenters. The van der Waals surface area contributed by atoms with Crippen molar-refractivity contribution < 1.29 is 4.79 Å². The first-order chi connectivity index (χ1) is 10.2. The number of thiazole rings is 1. The Kier molecular flexibility index (Phi) is 3.94. The maximum Gasteiger partial charge on any atom is 0.248 e. The molecule has 1 aromatic heterocycles. The molecule has 0 unspecified atom stereocenters. The Morgan fingerprint density at radius 2 is 1.86 bits per heavy atom. The van der Waals surface area contributed by atoms with Gasteiger partial charge in [-0.25, -0.2) is 4.98 Å². The highest BCUT2D eigenvalue weighted by Crippen LogP contribution is 2.21. The molecule has 0 saturated heterocycles. The van der Waals surface area contributed by atoms with E-state index in [1.54, 1.807) is 23.5 Å². The van der Waals surface area contributed by atoms with E-state index in [2.05, 4.69) is 16.4 Å². The first-order valence-electron chi connectivity index (χ1n) is 6.66. The SMILES string of the molecule is NC(=O)c1ccc(CNCc2nc3ccccc3s2)cc1. The van der Waals surface area contributed by atoms with Gasteiger partial charge in [-0.3, -0.25) is 4.79 Å². The molecule has 3 N–H and O–H groups in total. The summed E-state index contributed by atoms with van der Waals surface area (Å²) in [6, 6.07) is 15.4. The van der Waals surface area contributed by atoms with Gasteiger partial charge in [-0.1, -0.05) is 24.3 Å². The number of carbonyl (C=O) groups is 1. The van der Waals surface area contributed by atoms with Gasteiger partial charge in [-0.2, -0.15) is 0 Å². The summed E-state index contributed by atoms with van der Waals surface area (Å²) >= 11 is 1.70. The number of aromatic nitrogens is 1. The van der Waals surface area contributed by atoms with Crippen LogP contribution >= 0.6 is 11.3 Å². The average molecular weight is 297 g/mol. The van der Waals surface area contributed by atoms with Crippen LogP contribution in [0, 0.1) is 0 Å². The zero-order chi connectivity index (χ0) is 14.7. The first kappa shape index (κ1) is 13.7. The van der Waals surface area contributed by atoms with Gasteiger partial charge in [0.1, 0.15) is 5.01 Å². The average Bonchev–Trinajstić information content (AvgIpc) is 2.90. The number of amides is 1. The fraction of sp³-hybridized carbons (Fsp3) is 0.125. The first-order valence-corrected chi connectivity index (χ1v) is 7.48. The van der Waals surface area contributed by atoms with Crippen molar-refractivity contribution in [3.63, 3.8) is 0 Å². The minimum absolute atomic E-state index is 0.399. The summed E-state index contributed by atoms with van der Waals surface area (Å²) in [7, 11) is 0. The fourth-order valence-corrected chi connectivity index (χ4v) is 3.03. The van der Waals surface area contributed by atoms with Gasteiger partial charge in [-0.05, 0) is 29.8 Å². The van der Waals surface area contributed by atoms with Crippen molar-refractivity contribution in [2.24, 2.45) is 5.73 Å². The number of primary amides is 1. The molecule has 0 aliphatic rings. The van der Waals surface area contributed by atoms with Crippen LogP contribution in [0.3, 0.4) is 0 Å². The lowest BCUT2D eigenvalue weighted by Gasteiger charge is -2.03. The highest BCUT2D eigenvalue weighted by Gasteiger charge is 2.03. The number of nitrogens with zero attached hydrogens (tertiary/aromatic N) is 1. The number of benzene rings is 2. The van der Waals surface area contributed by atoms with Crippen LogP contribution in [0.15, 0.2) is 48.5 Å². The number of hydrogen-bond donors (Lipinski definition) is 2. The largest absolute Gasteiger partial charge is 0.366 e. The number of para-hydroxylation sites is 1. The minimum Gasteiger partial charge on any atom is -0.366 e. The minimum atomic E-state index is -0.399. The number of rotatable bonds is 5. The Labute approximate surface area is 126 Å². The van der Waals surface area contributed by atoms with Gasteiger partial charge in [0.05, 0.1) is 10.2 Å². The molecule has 0 spiro atoms. The maximum absolute atomic E-state index is 11.0. The number of nitrogens with one attached hydrogen (secondary N) is 1. The van der Waals surface area contributed by atoms with E-state index in [4.69, 9.17) is 5.73 Å². The third-order valence-electron chi connectivity index (χ3n) is 3.18. The molecule has 1 heterocycles. The van der Waals surface area contributed by atoms with E-state index >= 15 is 0 Å². The van der Waals surface area contributed by atoms with E-state index in [-0.39, 0.29) is 0 Å². The Bertz CT molecular complexity index is 732. The van der Waals surface area contributed by atoms with Crippen molar-refractivity contribution in [3.8, 4) is 0 Å². The molecule has 0 aliphatic heterocycles. The molecule has 3 rings (SSSR count). The van der Waals surface area contributed by atoms with Crippen molar-refractivity contribution in [2.45, 2.75) is 13.1 Å². The third-order valence-corrected chi connectivity index (χ3v) is 4.22. The third kappa shape index (κ3) is 3.26. The van der Waals surface area contributed by atoms with Crippen LogP contribution < -0.4 is 11.1 Å². The Morgan fingerprint density at radius 3 is 2.57 bits per heavy atom. The molecular weight excluding hydrogens is 282 g/mol. The van der Waals surface area contributed by atoms with Gasteiger partial charge >= 0.3 is 0 Å². The van der Waals surface area contributed by atoms with E-state index in [0.29, 0.717) is 5.56 Å². The van der Waals surface area contributed by atoms with E-state index < -0.39 is 5.91 Å². The molecule has 0 saturated carbocycles. The summed E-state index contributed by atoms with van der Waals surface area (Å²) in [6.07, 6.45) is 0. The van der Waals surface area contributed by atoms with Gasteiger partial charge in [0, 0.05) is 18.7 Å². The number of fused-ring (bicyclic) bond motifs is 1. The zero-order valence-corrected chi connectivity index (χ0v) is 12.2. The molecule has 0 bridgehead atoms. The van der Waals surface area contributed by atoms with Crippen molar-refractivity contribution in [1.29, 1.82) is 0 Å². The zero-order valence-electron chi connectivity index (χ0n) is 11.4. The van der Waals surface area contributed by atoms with Crippen LogP contribution in [0.25, 0.3) is 10.2 Å². The highest BCUT2D eigenvalue weighted by atomic mass is 32.1. The molecule has 4 nitrogen and oxygen atoms in total. The van der Waals surface area contributed by atoms with Gasteiger partial charge < -0.3 is 11.1 Å². The standard InChI is InChI=1S/C16H15N3OS/c17-16(20)12-7-5-11(6-8-12)9-18-10-15-19-13-3-1-2-4-14(13)21-15/h1-8,18H,9-10H2,(H2,17,20). The molecule has 106 valence electrons. The molecular formula is C16H15N3OS. The second-order valence-electron chi connectivity index (χ2n) is 4.74. The van der Waals surface area contributed by atoms with E-state index in [9.17, 15) is 4.79 Å². The number of hydrogen-bond acceptors (Lipinski definition) is 4. The topological polar surface area (TPSA) is 68.0 Å². The van der Waals surface area contributed by atoms with Crippen LogP contribution in [0.4, 0.5) is 0 Å². The van der Waals surface area contributed by atoms with Gasteiger partial charge in [0.25, 0.3) is 0 Å². The van der Waals surface area contributed by atoms with Crippen molar-refractivity contribution >= 4 is 27.5 Å². The normalized spacial score (nSPS) is 10.9. The predicted octanol–water partition coefficient (Wildman–Crippen LogP) is 2.69. The number of nitrogens with two attached hydrogens (primary N) is 1. The summed E-state index contributed by atoms with van der Waals surface area (Å²) in [4.78, 5) is 15.6. The molecule has 3 aromatic rings. The predicted molar refractivity (Wildman–Crippen MR) is 85.1 cm³/mol. The molecule has 2 aromatic carbocycles. The second kappa shape index (κ2) is 6.03. The lowest BCUT2D eigenvalue weighted by atomic mass is 10.1. The van der Waals surface area contributed by atoms with Crippen LogP contribution in [0.1, 0.15) is 20.9 Å². The molecule has 0 radical (unpaired) electrons. The highest BCUT2D eigenvalue weighted by molar-refractivity contribution is 7.18. The Morgan fingerprint density at radius 1 is 1.10 bits per heavy atom. The molecule has 0 fully saturated rings. The van der Waals surface area contributed by atoms with Gasteiger partial charge in [0.15, 0.2) is 0 Å². The monoisotopic (exact) mass is 297 g/mol. The Hall–Kier alpha value is -2.24. The molecule has 1 amide bonds. The molecule has 5 heteroatoms. The molecule has 0 aliphatic carbocycles. The van der Waals surface area contributed by atoms with Crippen LogP contribution in [-0.4, -0.2) is 10.9 Å². The second-order valence-corrected chi connectivity index (χ2v) is 5.86. The fourth-order valence-electron chi connectivity index (χ4n) is 2.10. The Balaban J connectivity index is 1.59. The lowest BCUT2D eigenvalue weighted by Crippen LogP contribution is -2.13. The van der Waals surface area contributed by atoms with Gasteiger partial charge in [-0.15, -0.1) is 11.3 Å². The molecule has 21 heavy (non-hydrogen) atoms. The lowest BCUT2D eigenvalue weighted by molar-refractivity contribution is 0.100. The summed E-state index contributed by atoms with van der Waals surface area (Å²) < 4.78 is 1.21. The van der Waals surface area contributed by atoms with Gasteiger partial charge in [0.2, 0.25) is 5.91 Å². The summed E-state index contributed by atoms with van der Waals surface area (Å²) in [5.41, 5.74) is 7.91. The van der Waals surface area contributed by atoms with E-state index in [1.165, 1.54) is 4.70 Å². The van der Waals surface area contributed by atoms with Crippen molar-refractivity contribution in [1.82, 2.24) is 10.3 Å².